The second-order valence-corrected chi connectivity index (χ2v) is 2.47. The maximum atomic E-state index is 2.17. The summed E-state index contributed by atoms with van der Waals surface area (Å²) in [6.45, 7) is 4.21. The van der Waals surface area contributed by atoms with Crippen LogP contribution < -0.4 is 4.68 Å². The van der Waals surface area contributed by atoms with Crippen molar-refractivity contribution in [3.63, 3.8) is 0 Å². The molecule has 0 spiro atoms. The molecule has 0 bridgehead atoms. The van der Waals surface area contributed by atoms with Crippen LogP contribution in [0.5, 0.6) is 0 Å². The molecule has 0 amide bonds. The third-order valence-electron chi connectivity index (χ3n) is 1.89. The van der Waals surface area contributed by atoms with E-state index in [1.54, 1.807) is 0 Å². The summed E-state index contributed by atoms with van der Waals surface area (Å²) in [6, 6.07) is 2.17. The van der Waals surface area contributed by atoms with Gasteiger partial charge in [0, 0.05) is 13.0 Å². The van der Waals surface area contributed by atoms with E-state index in [4.69, 9.17) is 0 Å². The number of aromatic nitrogens is 2. The van der Waals surface area contributed by atoms with Gasteiger partial charge in [-0.3, -0.25) is 0 Å². The Morgan fingerprint density at radius 2 is 2.00 bits per heavy atom. The lowest BCUT2D eigenvalue weighted by atomic mass is 10.4. The van der Waals surface area contributed by atoms with E-state index in [1.807, 2.05) is 0 Å². The van der Waals surface area contributed by atoms with Gasteiger partial charge in [0.1, 0.15) is 0 Å². The fourth-order valence-corrected chi connectivity index (χ4v) is 0.962. The first-order chi connectivity index (χ1) is 4.13. The molecule has 1 rings (SSSR count). The standard InChI is InChI=1S/C7H13N2/c1-6-5-7(2)9(4)8(6)3/h5H,1-4H3/q+1. The molecule has 2 nitrogen and oxygen atoms in total. The molecule has 0 unspecified atom stereocenters. The van der Waals surface area contributed by atoms with Crippen molar-refractivity contribution in [1.82, 2.24) is 4.68 Å². The van der Waals surface area contributed by atoms with Crippen LogP contribution in [-0.4, -0.2) is 4.68 Å². The molecule has 1 aromatic rings. The molecule has 0 aromatic carbocycles. The first kappa shape index (κ1) is 6.33. The minimum atomic E-state index is 1.30. The first-order valence-electron chi connectivity index (χ1n) is 3.12. The van der Waals surface area contributed by atoms with Gasteiger partial charge in [0.25, 0.3) is 0 Å². The van der Waals surface area contributed by atoms with Crippen molar-refractivity contribution < 1.29 is 4.68 Å². The quantitative estimate of drug-likeness (QED) is 0.446. The molecule has 0 saturated heterocycles. The van der Waals surface area contributed by atoms with Crippen molar-refractivity contribution in [2.45, 2.75) is 13.8 Å². The van der Waals surface area contributed by atoms with E-state index >= 15 is 0 Å². The highest BCUT2D eigenvalue weighted by Gasteiger charge is 2.06. The molecular weight excluding hydrogens is 112 g/mol. The summed E-state index contributed by atoms with van der Waals surface area (Å²) in [5, 5.41) is 0. The van der Waals surface area contributed by atoms with E-state index in [2.05, 4.69) is 43.4 Å². The van der Waals surface area contributed by atoms with Crippen molar-refractivity contribution in [3.8, 4) is 0 Å². The fraction of sp³-hybridized carbons (Fsp3) is 0.571. The third kappa shape index (κ3) is 0.846. The summed E-state index contributed by atoms with van der Waals surface area (Å²) in [6.07, 6.45) is 0. The molecule has 0 radical (unpaired) electrons. The molecule has 2 heteroatoms. The molecule has 0 aliphatic rings. The van der Waals surface area contributed by atoms with Gasteiger partial charge < -0.3 is 0 Å². The van der Waals surface area contributed by atoms with Gasteiger partial charge in [-0.2, -0.15) is 4.68 Å². The number of hydrogen-bond acceptors (Lipinski definition) is 0. The number of nitrogens with zero attached hydrogens (tertiary/aromatic N) is 2. The van der Waals surface area contributed by atoms with Crippen LogP contribution in [0.4, 0.5) is 0 Å². The summed E-state index contributed by atoms with van der Waals surface area (Å²) in [5.74, 6) is 0. The van der Waals surface area contributed by atoms with Crippen LogP contribution in [0.2, 0.25) is 0 Å². The molecule has 9 heavy (non-hydrogen) atoms. The van der Waals surface area contributed by atoms with Crippen molar-refractivity contribution >= 4 is 0 Å². The van der Waals surface area contributed by atoms with E-state index in [-0.39, 0.29) is 0 Å². The Bertz CT molecular complexity index is 201. The fourth-order valence-electron chi connectivity index (χ4n) is 0.962. The Labute approximate surface area is 55.7 Å². The van der Waals surface area contributed by atoms with Gasteiger partial charge in [-0.05, 0) is 6.92 Å². The van der Waals surface area contributed by atoms with Gasteiger partial charge in [-0.15, -0.1) is 4.68 Å². The van der Waals surface area contributed by atoms with E-state index in [0.717, 1.165) is 0 Å². The normalized spacial score (nSPS) is 10.2. The lowest BCUT2D eigenvalue weighted by molar-refractivity contribution is -0.756. The maximum absolute atomic E-state index is 2.17. The Morgan fingerprint density at radius 3 is 2.11 bits per heavy atom. The van der Waals surface area contributed by atoms with Crippen molar-refractivity contribution in [2.75, 3.05) is 0 Å². The molecule has 0 N–H and O–H groups in total. The van der Waals surface area contributed by atoms with Crippen LogP contribution in [0.1, 0.15) is 11.4 Å². The van der Waals surface area contributed by atoms with E-state index < -0.39 is 0 Å². The molecule has 0 atom stereocenters. The minimum absolute atomic E-state index is 1.30. The molecule has 0 aliphatic heterocycles. The predicted octanol–water partition coefficient (Wildman–Crippen LogP) is 0.466. The first-order valence-corrected chi connectivity index (χ1v) is 3.12. The second kappa shape index (κ2) is 1.87. The largest absolute Gasteiger partial charge is 0.204 e. The van der Waals surface area contributed by atoms with Gasteiger partial charge in [-0.1, -0.05) is 0 Å². The van der Waals surface area contributed by atoms with Crippen molar-refractivity contribution in [1.29, 1.82) is 0 Å². The zero-order valence-electron chi connectivity index (χ0n) is 6.47. The molecular formula is C7H13N2+. The minimum Gasteiger partial charge on any atom is -0.161 e. The Balaban J connectivity index is 3.29. The van der Waals surface area contributed by atoms with Crippen LogP contribution in [0.15, 0.2) is 6.07 Å². The number of rotatable bonds is 0. The topological polar surface area (TPSA) is 8.81 Å². The summed E-state index contributed by atoms with van der Waals surface area (Å²) >= 11 is 0. The Kier molecular flexibility index (Phi) is 1.31. The van der Waals surface area contributed by atoms with Gasteiger partial charge in [0.05, 0.1) is 12.7 Å². The van der Waals surface area contributed by atoms with E-state index in [1.165, 1.54) is 11.4 Å². The highest BCUT2D eigenvalue weighted by atomic mass is 15.4. The molecule has 0 saturated carbocycles. The van der Waals surface area contributed by atoms with Crippen LogP contribution in [-0.2, 0) is 14.1 Å². The third-order valence-corrected chi connectivity index (χ3v) is 1.89. The highest BCUT2D eigenvalue weighted by molar-refractivity contribution is 5.00. The van der Waals surface area contributed by atoms with Crippen LogP contribution in [0.25, 0.3) is 0 Å². The second-order valence-electron chi connectivity index (χ2n) is 2.47. The van der Waals surface area contributed by atoms with Crippen LogP contribution in [0, 0.1) is 13.8 Å². The van der Waals surface area contributed by atoms with E-state index in [0.29, 0.717) is 0 Å². The van der Waals surface area contributed by atoms with Gasteiger partial charge in [0.15, 0.2) is 7.05 Å². The Hall–Kier alpha value is -0.790. The summed E-state index contributed by atoms with van der Waals surface area (Å²) in [4.78, 5) is 0. The van der Waals surface area contributed by atoms with Crippen LogP contribution in [0.3, 0.4) is 0 Å². The van der Waals surface area contributed by atoms with Gasteiger partial charge in [-0.25, -0.2) is 0 Å². The highest BCUT2D eigenvalue weighted by Crippen LogP contribution is 1.94. The average molecular weight is 125 g/mol. The average Bonchev–Trinajstić information content (AvgIpc) is 1.98. The van der Waals surface area contributed by atoms with Crippen molar-refractivity contribution in [2.24, 2.45) is 14.1 Å². The summed E-state index contributed by atoms with van der Waals surface area (Å²) in [5.41, 5.74) is 2.60. The van der Waals surface area contributed by atoms with Crippen molar-refractivity contribution in [3.05, 3.63) is 17.5 Å². The number of hydrogen-bond donors (Lipinski definition) is 0. The smallest absolute Gasteiger partial charge is 0.161 e. The molecule has 1 aromatic heterocycles. The lowest BCUT2D eigenvalue weighted by Crippen LogP contribution is -2.39. The molecule has 0 aliphatic carbocycles. The van der Waals surface area contributed by atoms with E-state index in [9.17, 15) is 0 Å². The SMILES string of the molecule is Cc1cc(C)[n+](C)n1C. The Morgan fingerprint density at radius 1 is 1.44 bits per heavy atom. The van der Waals surface area contributed by atoms with Gasteiger partial charge in [0.2, 0.25) is 5.69 Å². The van der Waals surface area contributed by atoms with Gasteiger partial charge >= 0.3 is 0 Å². The molecule has 50 valence electrons. The van der Waals surface area contributed by atoms with Crippen LogP contribution >= 0.6 is 0 Å². The molecule has 0 fully saturated rings. The molecule has 1 heterocycles. The zero-order valence-corrected chi connectivity index (χ0v) is 6.47. The number of aryl methyl sites for hydroxylation is 2. The lowest BCUT2D eigenvalue weighted by Gasteiger charge is -1.90. The monoisotopic (exact) mass is 125 g/mol. The predicted molar refractivity (Wildman–Crippen MR) is 36.1 cm³/mol. The summed E-state index contributed by atoms with van der Waals surface area (Å²) in [7, 11) is 4.12. The summed E-state index contributed by atoms with van der Waals surface area (Å²) < 4.78 is 4.24. The zero-order chi connectivity index (χ0) is 7.02. The maximum Gasteiger partial charge on any atom is 0.204 e.